The second kappa shape index (κ2) is 5.80. The fraction of sp³-hybridized carbons (Fsp3) is 0.917. The summed E-state index contributed by atoms with van der Waals surface area (Å²) in [6.07, 6.45) is 2.53. The van der Waals surface area contributed by atoms with E-state index < -0.39 is 5.41 Å². The van der Waals surface area contributed by atoms with Gasteiger partial charge >= 0.3 is 0 Å². The molecule has 0 aliphatic carbocycles. The van der Waals surface area contributed by atoms with E-state index in [0.29, 0.717) is 6.04 Å². The monoisotopic (exact) mass is 242 g/mol. The molecule has 1 fully saturated rings. The quantitative estimate of drug-likeness (QED) is 0.406. The number of nitrogens with two attached hydrogens (primary N) is 1. The van der Waals surface area contributed by atoms with Crippen LogP contribution in [0.3, 0.4) is 0 Å². The van der Waals surface area contributed by atoms with Crippen molar-refractivity contribution in [3.05, 3.63) is 0 Å². The predicted octanol–water partition coefficient (Wildman–Crippen LogP) is 0.0285. The number of rotatable bonds is 5. The number of nitrogens with one attached hydrogen (secondary N) is 1. The zero-order valence-electron chi connectivity index (χ0n) is 11.5. The second-order valence-electron chi connectivity index (χ2n) is 5.83. The number of hydrazine groups is 1. The van der Waals surface area contributed by atoms with Gasteiger partial charge in [0, 0.05) is 19.1 Å². The maximum atomic E-state index is 11.6. The fourth-order valence-electron chi connectivity index (χ4n) is 2.58. The lowest BCUT2D eigenvalue weighted by Gasteiger charge is -2.31. The average Bonchev–Trinajstić information content (AvgIpc) is 2.62. The van der Waals surface area contributed by atoms with E-state index in [0.717, 1.165) is 13.1 Å². The Morgan fingerprint density at radius 1 is 1.59 bits per heavy atom. The first-order valence-corrected chi connectivity index (χ1v) is 6.26. The molecule has 0 saturated carbocycles. The Hall–Kier alpha value is -0.650. The van der Waals surface area contributed by atoms with Crippen LogP contribution in [0, 0.1) is 5.41 Å². The minimum atomic E-state index is -0.444. The summed E-state index contributed by atoms with van der Waals surface area (Å²) in [5.41, 5.74) is 1.79. The summed E-state index contributed by atoms with van der Waals surface area (Å²) in [6, 6.07) is 0.622. The summed E-state index contributed by atoms with van der Waals surface area (Å²) in [5, 5.41) is 0. The topological polar surface area (TPSA) is 61.6 Å². The molecule has 0 aromatic rings. The standard InChI is InChI=1S/C12H26N4O/c1-12(2,11(17)14-13)9-15(3)8-10-6-5-7-16(10)4/h10H,5-9,13H2,1-4H3,(H,14,17). The Morgan fingerprint density at radius 3 is 2.71 bits per heavy atom. The Bertz CT molecular complexity index is 267. The molecule has 17 heavy (non-hydrogen) atoms. The van der Waals surface area contributed by atoms with Crippen molar-refractivity contribution in [1.29, 1.82) is 0 Å². The molecule has 1 atom stereocenters. The van der Waals surface area contributed by atoms with Crippen LogP contribution in [0.1, 0.15) is 26.7 Å². The van der Waals surface area contributed by atoms with Gasteiger partial charge in [-0.05, 0) is 47.3 Å². The number of nitrogens with zero attached hydrogens (tertiary/aromatic N) is 2. The number of hydrogen-bond acceptors (Lipinski definition) is 4. The summed E-state index contributed by atoms with van der Waals surface area (Å²) in [7, 11) is 4.24. The molecule has 1 rings (SSSR count). The molecular formula is C12H26N4O. The van der Waals surface area contributed by atoms with Gasteiger partial charge in [0.2, 0.25) is 5.91 Å². The van der Waals surface area contributed by atoms with Gasteiger partial charge in [0.05, 0.1) is 5.41 Å². The summed E-state index contributed by atoms with van der Waals surface area (Å²) in [5.74, 6) is 5.09. The number of hydrogen-bond donors (Lipinski definition) is 2. The highest BCUT2D eigenvalue weighted by Crippen LogP contribution is 2.19. The molecule has 0 aromatic heterocycles. The van der Waals surface area contributed by atoms with Crippen molar-refractivity contribution in [2.24, 2.45) is 11.3 Å². The van der Waals surface area contributed by atoms with Crippen LogP contribution in [-0.2, 0) is 4.79 Å². The van der Waals surface area contributed by atoms with Crippen LogP contribution in [-0.4, -0.2) is 55.5 Å². The van der Waals surface area contributed by atoms with Gasteiger partial charge in [0.1, 0.15) is 0 Å². The number of carbonyl (C=O) groups is 1. The Kier molecular flexibility index (Phi) is 4.91. The highest BCUT2D eigenvalue weighted by Gasteiger charge is 2.30. The van der Waals surface area contributed by atoms with E-state index in [1.807, 2.05) is 13.8 Å². The average molecular weight is 242 g/mol. The van der Waals surface area contributed by atoms with Crippen LogP contribution in [0.5, 0.6) is 0 Å². The molecule has 3 N–H and O–H groups in total. The molecule has 1 aliphatic heterocycles. The molecule has 1 amide bonds. The lowest BCUT2D eigenvalue weighted by molar-refractivity contribution is -0.130. The lowest BCUT2D eigenvalue weighted by atomic mass is 9.92. The fourth-order valence-corrected chi connectivity index (χ4v) is 2.58. The highest BCUT2D eigenvalue weighted by atomic mass is 16.2. The zero-order chi connectivity index (χ0) is 13.1. The van der Waals surface area contributed by atoms with E-state index >= 15 is 0 Å². The maximum absolute atomic E-state index is 11.6. The van der Waals surface area contributed by atoms with Gasteiger partial charge < -0.3 is 9.80 Å². The molecule has 100 valence electrons. The van der Waals surface area contributed by atoms with E-state index in [2.05, 4.69) is 29.3 Å². The summed E-state index contributed by atoms with van der Waals surface area (Å²) in [4.78, 5) is 16.2. The molecule has 1 heterocycles. The molecule has 5 heteroatoms. The van der Waals surface area contributed by atoms with Crippen LogP contribution in [0.2, 0.25) is 0 Å². The van der Waals surface area contributed by atoms with Crippen molar-refractivity contribution in [1.82, 2.24) is 15.2 Å². The Balaban J connectivity index is 2.43. The third-order valence-corrected chi connectivity index (χ3v) is 3.60. The van der Waals surface area contributed by atoms with E-state index in [1.54, 1.807) is 0 Å². The van der Waals surface area contributed by atoms with E-state index in [-0.39, 0.29) is 5.91 Å². The zero-order valence-corrected chi connectivity index (χ0v) is 11.5. The SMILES string of the molecule is CN(CC1CCCN1C)CC(C)(C)C(=O)NN. The van der Waals surface area contributed by atoms with E-state index in [9.17, 15) is 4.79 Å². The Labute approximate surface area is 104 Å². The second-order valence-corrected chi connectivity index (χ2v) is 5.83. The summed E-state index contributed by atoms with van der Waals surface area (Å²) >= 11 is 0. The van der Waals surface area contributed by atoms with Gasteiger partial charge in [-0.25, -0.2) is 5.84 Å². The van der Waals surface area contributed by atoms with Crippen molar-refractivity contribution >= 4 is 5.91 Å². The minimum Gasteiger partial charge on any atom is -0.304 e. The first-order chi connectivity index (χ1) is 7.86. The third-order valence-electron chi connectivity index (χ3n) is 3.60. The van der Waals surface area contributed by atoms with Crippen LogP contribution < -0.4 is 11.3 Å². The first kappa shape index (κ1) is 14.4. The molecule has 0 radical (unpaired) electrons. The summed E-state index contributed by atoms with van der Waals surface area (Å²) in [6.45, 7) is 6.76. The molecule has 0 spiro atoms. The van der Waals surface area contributed by atoms with Crippen molar-refractivity contribution in [3.63, 3.8) is 0 Å². The molecule has 1 saturated heterocycles. The number of amides is 1. The number of carbonyl (C=O) groups excluding carboxylic acids is 1. The highest BCUT2D eigenvalue weighted by molar-refractivity contribution is 5.81. The van der Waals surface area contributed by atoms with Gasteiger partial charge in [-0.2, -0.15) is 0 Å². The largest absolute Gasteiger partial charge is 0.304 e. The van der Waals surface area contributed by atoms with Gasteiger partial charge in [0.15, 0.2) is 0 Å². The van der Waals surface area contributed by atoms with Crippen molar-refractivity contribution in [3.8, 4) is 0 Å². The molecule has 1 aliphatic rings. The third kappa shape index (κ3) is 3.94. The van der Waals surface area contributed by atoms with Crippen molar-refractivity contribution in [2.45, 2.75) is 32.7 Å². The van der Waals surface area contributed by atoms with Crippen molar-refractivity contribution < 1.29 is 4.79 Å². The minimum absolute atomic E-state index is 0.107. The van der Waals surface area contributed by atoms with E-state index in [1.165, 1.54) is 19.4 Å². The van der Waals surface area contributed by atoms with E-state index in [4.69, 9.17) is 5.84 Å². The van der Waals surface area contributed by atoms with Gasteiger partial charge in [-0.3, -0.25) is 10.2 Å². The van der Waals surface area contributed by atoms with Crippen LogP contribution >= 0.6 is 0 Å². The predicted molar refractivity (Wildman–Crippen MR) is 69.3 cm³/mol. The molecule has 0 aromatic carbocycles. The molecule has 5 nitrogen and oxygen atoms in total. The number of likely N-dealkylation sites (tertiary alicyclic amines) is 1. The summed E-state index contributed by atoms with van der Waals surface area (Å²) < 4.78 is 0. The first-order valence-electron chi connectivity index (χ1n) is 6.26. The molecule has 1 unspecified atom stereocenters. The van der Waals surface area contributed by atoms with Gasteiger partial charge in [-0.15, -0.1) is 0 Å². The maximum Gasteiger partial charge on any atom is 0.240 e. The molecule has 0 bridgehead atoms. The van der Waals surface area contributed by atoms with Gasteiger partial charge in [0.25, 0.3) is 0 Å². The van der Waals surface area contributed by atoms with Crippen LogP contribution in [0.4, 0.5) is 0 Å². The van der Waals surface area contributed by atoms with Crippen LogP contribution in [0.15, 0.2) is 0 Å². The normalized spacial score (nSPS) is 22.1. The van der Waals surface area contributed by atoms with Gasteiger partial charge in [-0.1, -0.05) is 0 Å². The van der Waals surface area contributed by atoms with Crippen LogP contribution in [0.25, 0.3) is 0 Å². The van der Waals surface area contributed by atoms with Crippen molar-refractivity contribution in [2.75, 3.05) is 33.7 Å². The Morgan fingerprint density at radius 2 is 2.24 bits per heavy atom. The molecular weight excluding hydrogens is 216 g/mol. The lowest BCUT2D eigenvalue weighted by Crippen LogP contribution is -2.48. The number of likely N-dealkylation sites (N-methyl/N-ethyl adjacent to an activating group) is 2. The smallest absolute Gasteiger partial charge is 0.240 e.